The summed E-state index contributed by atoms with van der Waals surface area (Å²) in [6.07, 6.45) is 5.52. The van der Waals surface area contributed by atoms with Gasteiger partial charge < -0.3 is 15.2 Å². The third-order valence-electron chi connectivity index (χ3n) is 3.93. The first kappa shape index (κ1) is 14.7. The Labute approximate surface area is 120 Å². The summed E-state index contributed by atoms with van der Waals surface area (Å²) in [4.78, 5) is 11.8. The van der Waals surface area contributed by atoms with Crippen LogP contribution in [0.4, 0.5) is 5.69 Å². The first-order valence-corrected chi connectivity index (χ1v) is 7.35. The summed E-state index contributed by atoms with van der Waals surface area (Å²) >= 11 is 0. The minimum atomic E-state index is -0.312. The maximum absolute atomic E-state index is 11.8. The van der Waals surface area contributed by atoms with Crippen LogP contribution in [0.5, 0.6) is 5.75 Å². The number of carbonyl (C=O) groups excluding carboxylic acids is 1. The first-order valence-electron chi connectivity index (χ1n) is 7.35. The molecule has 0 aromatic heterocycles. The van der Waals surface area contributed by atoms with E-state index in [2.05, 4.69) is 6.92 Å². The molecular weight excluding hydrogens is 254 g/mol. The SMILES string of the molecule is CCC1CCC(OC(=O)COc2ccccc2N)CC1. The van der Waals surface area contributed by atoms with Gasteiger partial charge in [0.2, 0.25) is 0 Å². The van der Waals surface area contributed by atoms with Crippen molar-refractivity contribution in [2.24, 2.45) is 5.92 Å². The van der Waals surface area contributed by atoms with E-state index < -0.39 is 0 Å². The number of hydrogen-bond donors (Lipinski definition) is 1. The Morgan fingerprint density at radius 2 is 1.95 bits per heavy atom. The van der Waals surface area contributed by atoms with E-state index in [1.165, 1.54) is 6.42 Å². The molecule has 1 saturated carbocycles. The molecule has 110 valence electrons. The summed E-state index contributed by atoms with van der Waals surface area (Å²) in [6.45, 7) is 2.14. The molecule has 0 bridgehead atoms. The molecule has 1 aliphatic rings. The summed E-state index contributed by atoms with van der Waals surface area (Å²) in [7, 11) is 0. The molecule has 2 N–H and O–H groups in total. The molecule has 1 fully saturated rings. The molecule has 2 rings (SSSR count). The van der Waals surface area contributed by atoms with E-state index in [1.54, 1.807) is 12.1 Å². The van der Waals surface area contributed by atoms with Crippen LogP contribution in [0, 0.1) is 5.92 Å². The lowest BCUT2D eigenvalue weighted by atomic mass is 9.86. The number of nitrogen functional groups attached to an aromatic ring is 1. The van der Waals surface area contributed by atoms with Gasteiger partial charge in [0.15, 0.2) is 6.61 Å². The Balaban J connectivity index is 1.72. The van der Waals surface area contributed by atoms with Crippen molar-refractivity contribution in [1.82, 2.24) is 0 Å². The Morgan fingerprint density at radius 3 is 2.60 bits per heavy atom. The molecule has 0 aliphatic heterocycles. The molecule has 1 aliphatic carbocycles. The fourth-order valence-corrected chi connectivity index (χ4v) is 2.63. The predicted molar refractivity (Wildman–Crippen MR) is 78.5 cm³/mol. The zero-order chi connectivity index (χ0) is 14.4. The smallest absolute Gasteiger partial charge is 0.344 e. The van der Waals surface area contributed by atoms with E-state index >= 15 is 0 Å². The zero-order valence-corrected chi connectivity index (χ0v) is 12.0. The highest BCUT2D eigenvalue weighted by atomic mass is 16.6. The van der Waals surface area contributed by atoms with E-state index in [0.717, 1.165) is 31.6 Å². The lowest BCUT2D eigenvalue weighted by Gasteiger charge is -2.27. The third kappa shape index (κ3) is 4.15. The molecule has 1 aromatic rings. The van der Waals surface area contributed by atoms with Gasteiger partial charge in [-0.3, -0.25) is 0 Å². The van der Waals surface area contributed by atoms with Gasteiger partial charge in [0, 0.05) is 0 Å². The molecule has 0 saturated heterocycles. The molecular formula is C16H23NO3. The number of esters is 1. The van der Waals surface area contributed by atoms with Gasteiger partial charge in [-0.2, -0.15) is 0 Å². The Morgan fingerprint density at radius 1 is 1.25 bits per heavy atom. The maximum Gasteiger partial charge on any atom is 0.344 e. The van der Waals surface area contributed by atoms with Gasteiger partial charge in [-0.25, -0.2) is 4.79 Å². The number of nitrogens with two attached hydrogens (primary N) is 1. The van der Waals surface area contributed by atoms with Crippen LogP contribution in [-0.4, -0.2) is 18.7 Å². The van der Waals surface area contributed by atoms with Gasteiger partial charge in [-0.05, 0) is 43.7 Å². The topological polar surface area (TPSA) is 61.5 Å². The standard InChI is InChI=1S/C16H23NO3/c1-2-12-7-9-13(10-8-12)20-16(18)11-19-15-6-4-3-5-14(15)17/h3-6,12-13H,2,7-11,17H2,1H3. The number of benzene rings is 1. The number of rotatable bonds is 5. The summed E-state index contributed by atoms with van der Waals surface area (Å²) in [6, 6.07) is 7.14. The molecule has 0 atom stereocenters. The van der Waals surface area contributed by atoms with Gasteiger partial charge in [-0.15, -0.1) is 0 Å². The number of para-hydroxylation sites is 2. The van der Waals surface area contributed by atoms with Crippen LogP contribution in [0.2, 0.25) is 0 Å². The second-order valence-corrected chi connectivity index (χ2v) is 5.37. The molecule has 4 nitrogen and oxygen atoms in total. The minimum absolute atomic E-state index is 0.0574. The van der Waals surface area contributed by atoms with Crippen molar-refractivity contribution in [3.8, 4) is 5.75 Å². The van der Waals surface area contributed by atoms with Crippen molar-refractivity contribution in [3.63, 3.8) is 0 Å². The summed E-state index contributed by atoms with van der Waals surface area (Å²) in [5, 5.41) is 0. The van der Waals surface area contributed by atoms with Crippen LogP contribution < -0.4 is 10.5 Å². The molecule has 0 radical (unpaired) electrons. The van der Waals surface area contributed by atoms with Gasteiger partial charge in [0.1, 0.15) is 11.9 Å². The molecule has 1 aromatic carbocycles. The molecule has 0 heterocycles. The molecule has 0 unspecified atom stereocenters. The second kappa shape index (κ2) is 7.17. The van der Waals surface area contributed by atoms with Gasteiger partial charge in [-0.1, -0.05) is 25.5 Å². The lowest BCUT2D eigenvalue weighted by molar-refractivity contribution is -0.153. The second-order valence-electron chi connectivity index (χ2n) is 5.37. The fraction of sp³-hybridized carbons (Fsp3) is 0.562. The average Bonchev–Trinajstić information content (AvgIpc) is 2.47. The molecule has 4 heteroatoms. The Bertz CT molecular complexity index is 439. The van der Waals surface area contributed by atoms with Crippen LogP contribution in [0.3, 0.4) is 0 Å². The highest BCUT2D eigenvalue weighted by molar-refractivity contribution is 5.71. The summed E-state index contributed by atoms with van der Waals surface area (Å²) in [5.74, 6) is 1.01. The summed E-state index contributed by atoms with van der Waals surface area (Å²) < 4.78 is 10.8. The highest BCUT2D eigenvalue weighted by Crippen LogP contribution is 2.28. The van der Waals surface area contributed by atoms with Crippen molar-refractivity contribution in [2.45, 2.75) is 45.1 Å². The highest BCUT2D eigenvalue weighted by Gasteiger charge is 2.23. The van der Waals surface area contributed by atoms with E-state index in [-0.39, 0.29) is 18.7 Å². The zero-order valence-electron chi connectivity index (χ0n) is 12.0. The van der Waals surface area contributed by atoms with E-state index in [4.69, 9.17) is 15.2 Å². The fourth-order valence-electron chi connectivity index (χ4n) is 2.63. The number of anilines is 1. The van der Waals surface area contributed by atoms with E-state index in [9.17, 15) is 4.79 Å². The average molecular weight is 277 g/mol. The number of hydrogen-bond acceptors (Lipinski definition) is 4. The molecule has 0 amide bonds. The first-order chi connectivity index (χ1) is 9.69. The minimum Gasteiger partial charge on any atom is -0.480 e. The summed E-state index contributed by atoms with van der Waals surface area (Å²) in [5.41, 5.74) is 6.28. The Kier molecular flexibility index (Phi) is 5.27. The van der Waals surface area contributed by atoms with E-state index in [1.807, 2.05) is 12.1 Å². The Hall–Kier alpha value is -1.71. The molecule has 0 spiro atoms. The van der Waals surface area contributed by atoms with Crippen molar-refractivity contribution >= 4 is 11.7 Å². The van der Waals surface area contributed by atoms with Crippen molar-refractivity contribution in [2.75, 3.05) is 12.3 Å². The van der Waals surface area contributed by atoms with Crippen molar-refractivity contribution in [1.29, 1.82) is 0 Å². The van der Waals surface area contributed by atoms with Crippen LogP contribution in [0.25, 0.3) is 0 Å². The lowest BCUT2D eigenvalue weighted by Crippen LogP contribution is -2.27. The van der Waals surface area contributed by atoms with Gasteiger partial charge >= 0.3 is 5.97 Å². The monoisotopic (exact) mass is 277 g/mol. The largest absolute Gasteiger partial charge is 0.480 e. The molecule has 20 heavy (non-hydrogen) atoms. The normalized spacial score (nSPS) is 22.2. The van der Waals surface area contributed by atoms with Crippen LogP contribution in [0.15, 0.2) is 24.3 Å². The third-order valence-corrected chi connectivity index (χ3v) is 3.93. The van der Waals surface area contributed by atoms with Crippen molar-refractivity contribution < 1.29 is 14.3 Å². The predicted octanol–water partition coefficient (Wildman–Crippen LogP) is 3.16. The van der Waals surface area contributed by atoms with Gasteiger partial charge in [0.25, 0.3) is 0 Å². The number of ether oxygens (including phenoxy) is 2. The van der Waals surface area contributed by atoms with Crippen LogP contribution in [-0.2, 0) is 9.53 Å². The number of carbonyl (C=O) groups is 1. The van der Waals surface area contributed by atoms with E-state index in [0.29, 0.717) is 11.4 Å². The van der Waals surface area contributed by atoms with Gasteiger partial charge in [0.05, 0.1) is 5.69 Å². The van der Waals surface area contributed by atoms with Crippen LogP contribution in [0.1, 0.15) is 39.0 Å². The quantitative estimate of drug-likeness (QED) is 0.663. The van der Waals surface area contributed by atoms with Crippen molar-refractivity contribution in [3.05, 3.63) is 24.3 Å². The van der Waals surface area contributed by atoms with Crippen LogP contribution >= 0.6 is 0 Å². The maximum atomic E-state index is 11.8.